The van der Waals surface area contributed by atoms with Crippen LogP contribution in [0.2, 0.25) is 0 Å². The number of methoxy groups -OCH3 is 1. The van der Waals surface area contributed by atoms with E-state index in [1.165, 1.54) is 0 Å². The largest absolute Gasteiger partial charge is 0.497 e. The Hall–Kier alpha value is -1.50. The lowest BCUT2D eigenvalue weighted by Crippen LogP contribution is -1.95. The topological polar surface area (TPSA) is 38.7 Å². The minimum Gasteiger partial charge on any atom is -0.497 e. The number of aliphatic hydroxyl groups is 1. The van der Waals surface area contributed by atoms with Crippen molar-refractivity contribution in [3.63, 3.8) is 0 Å². The molecule has 92 valence electrons. The molecule has 1 aromatic carbocycles. The first kappa shape index (κ1) is 13.6. The van der Waals surface area contributed by atoms with E-state index in [1.807, 2.05) is 24.3 Å². The average molecular weight is 234 g/mol. The van der Waals surface area contributed by atoms with Gasteiger partial charge in [-0.25, -0.2) is 0 Å². The van der Waals surface area contributed by atoms with Crippen molar-refractivity contribution in [1.82, 2.24) is 0 Å². The van der Waals surface area contributed by atoms with Gasteiger partial charge >= 0.3 is 0 Å². The smallest absolute Gasteiger partial charge is 0.118 e. The summed E-state index contributed by atoms with van der Waals surface area (Å²) >= 11 is 0. The molecule has 0 bridgehead atoms. The summed E-state index contributed by atoms with van der Waals surface area (Å²) in [4.78, 5) is 0. The molecule has 0 aliphatic carbocycles. The first-order valence-electron chi connectivity index (χ1n) is 5.64. The predicted molar refractivity (Wildman–Crippen MR) is 66.7 cm³/mol. The van der Waals surface area contributed by atoms with Crippen molar-refractivity contribution in [2.24, 2.45) is 0 Å². The Morgan fingerprint density at radius 2 is 1.94 bits per heavy atom. The lowest BCUT2D eigenvalue weighted by Gasteiger charge is -2.04. The van der Waals surface area contributed by atoms with E-state index in [9.17, 15) is 0 Å². The van der Waals surface area contributed by atoms with Crippen LogP contribution in [-0.2, 0) is 11.3 Å². The van der Waals surface area contributed by atoms with Gasteiger partial charge in [-0.2, -0.15) is 0 Å². The maximum atomic E-state index is 8.45. The van der Waals surface area contributed by atoms with Gasteiger partial charge in [0, 0.05) is 13.0 Å². The lowest BCUT2D eigenvalue weighted by atomic mass is 10.2. The number of unbranched alkanes of at least 4 members (excludes halogenated alkanes) is 1. The Bertz CT molecular complexity index is 359. The van der Waals surface area contributed by atoms with Gasteiger partial charge in [0.05, 0.1) is 13.7 Å². The molecule has 17 heavy (non-hydrogen) atoms. The third kappa shape index (κ3) is 5.96. The van der Waals surface area contributed by atoms with Gasteiger partial charge in [0.1, 0.15) is 12.4 Å². The van der Waals surface area contributed by atoms with Crippen LogP contribution in [0.4, 0.5) is 0 Å². The van der Waals surface area contributed by atoms with E-state index in [4.69, 9.17) is 14.6 Å². The molecular formula is C14H18O3. The van der Waals surface area contributed by atoms with Gasteiger partial charge in [-0.15, -0.1) is 5.92 Å². The second-order valence-corrected chi connectivity index (χ2v) is 3.52. The van der Waals surface area contributed by atoms with Crippen LogP contribution in [-0.4, -0.2) is 25.4 Å². The van der Waals surface area contributed by atoms with Crippen molar-refractivity contribution in [2.75, 3.05) is 20.3 Å². The van der Waals surface area contributed by atoms with Crippen LogP contribution >= 0.6 is 0 Å². The van der Waals surface area contributed by atoms with Gasteiger partial charge in [-0.05, 0) is 24.1 Å². The van der Waals surface area contributed by atoms with E-state index in [0.717, 1.165) is 24.2 Å². The first-order chi connectivity index (χ1) is 8.36. The molecule has 3 nitrogen and oxygen atoms in total. The second-order valence-electron chi connectivity index (χ2n) is 3.52. The van der Waals surface area contributed by atoms with Crippen molar-refractivity contribution in [3.05, 3.63) is 29.8 Å². The van der Waals surface area contributed by atoms with E-state index >= 15 is 0 Å². The molecule has 3 heteroatoms. The van der Waals surface area contributed by atoms with Crippen molar-refractivity contribution in [3.8, 4) is 17.6 Å². The molecule has 0 spiro atoms. The lowest BCUT2D eigenvalue weighted by molar-refractivity contribution is 0.119. The number of hydrogen-bond donors (Lipinski definition) is 1. The van der Waals surface area contributed by atoms with Crippen molar-refractivity contribution < 1.29 is 14.6 Å². The highest BCUT2D eigenvalue weighted by molar-refractivity contribution is 5.26. The number of aliphatic hydroxyl groups excluding tert-OH is 1. The van der Waals surface area contributed by atoms with Crippen LogP contribution in [0.25, 0.3) is 0 Å². The van der Waals surface area contributed by atoms with Gasteiger partial charge in [0.2, 0.25) is 0 Å². The van der Waals surface area contributed by atoms with Crippen molar-refractivity contribution in [2.45, 2.75) is 19.4 Å². The average Bonchev–Trinajstić information content (AvgIpc) is 2.38. The Balaban J connectivity index is 2.13. The second kappa shape index (κ2) is 8.63. The van der Waals surface area contributed by atoms with E-state index in [2.05, 4.69) is 11.8 Å². The summed E-state index contributed by atoms with van der Waals surface area (Å²) < 4.78 is 10.6. The fourth-order valence-corrected chi connectivity index (χ4v) is 1.32. The SMILES string of the molecule is COc1ccc(COCCCC#CCO)cc1. The molecule has 0 unspecified atom stereocenters. The molecule has 0 aromatic heterocycles. The monoisotopic (exact) mass is 234 g/mol. The van der Waals surface area contributed by atoms with Crippen LogP contribution in [0.15, 0.2) is 24.3 Å². The zero-order valence-corrected chi connectivity index (χ0v) is 10.1. The fraction of sp³-hybridized carbons (Fsp3) is 0.429. The molecule has 0 saturated heterocycles. The summed E-state index contributed by atoms with van der Waals surface area (Å²) in [6.45, 7) is 1.23. The Morgan fingerprint density at radius 1 is 1.18 bits per heavy atom. The maximum Gasteiger partial charge on any atom is 0.118 e. The number of rotatable bonds is 6. The third-order valence-electron chi connectivity index (χ3n) is 2.22. The minimum absolute atomic E-state index is 0.0628. The van der Waals surface area contributed by atoms with Gasteiger partial charge < -0.3 is 14.6 Å². The van der Waals surface area contributed by atoms with Crippen molar-refractivity contribution >= 4 is 0 Å². The molecule has 0 aliphatic heterocycles. The van der Waals surface area contributed by atoms with Gasteiger partial charge in [0.15, 0.2) is 0 Å². The molecule has 1 rings (SSSR count). The summed E-state index contributed by atoms with van der Waals surface area (Å²) in [5.74, 6) is 6.31. The normalized spacial score (nSPS) is 9.53. The van der Waals surface area contributed by atoms with E-state index in [1.54, 1.807) is 7.11 Å². The third-order valence-corrected chi connectivity index (χ3v) is 2.22. The van der Waals surface area contributed by atoms with Crippen LogP contribution in [0.3, 0.4) is 0 Å². The van der Waals surface area contributed by atoms with E-state index in [-0.39, 0.29) is 6.61 Å². The van der Waals surface area contributed by atoms with Crippen molar-refractivity contribution in [1.29, 1.82) is 0 Å². The zero-order valence-electron chi connectivity index (χ0n) is 10.1. The molecule has 0 aliphatic rings. The summed E-state index contributed by atoms with van der Waals surface area (Å²) in [7, 11) is 1.65. The fourth-order valence-electron chi connectivity index (χ4n) is 1.32. The molecular weight excluding hydrogens is 216 g/mol. The van der Waals surface area contributed by atoms with E-state index in [0.29, 0.717) is 13.2 Å². The van der Waals surface area contributed by atoms with Gasteiger partial charge in [-0.3, -0.25) is 0 Å². The highest BCUT2D eigenvalue weighted by atomic mass is 16.5. The molecule has 1 aromatic rings. The highest BCUT2D eigenvalue weighted by Crippen LogP contribution is 2.11. The predicted octanol–water partition coefficient (Wildman–Crippen LogP) is 1.99. The molecule has 0 amide bonds. The molecule has 0 radical (unpaired) electrons. The molecule has 0 fully saturated rings. The number of hydrogen-bond acceptors (Lipinski definition) is 3. The number of benzene rings is 1. The van der Waals surface area contributed by atoms with Crippen LogP contribution < -0.4 is 4.74 Å². The quantitative estimate of drug-likeness (QED) is 0.604. The Morgan fingerprint density at radius 3 is 2.59 bits per heavy atom. The summed E-state index contributed by atoms with van der Waals surface area (Å²) in [5.41, 5.74) is 1.13. The number of ether oxygens (including phenoxy) is 2. The molecule has 1 N–H and O–H groups in total. The minimum atomic E-state index is -0.0628. The Labute approximate surface area is 102 Å². The molecule has 0 atom stereocenters. The van der Waals surface area contributed by atoms with Crippen LogP contribution in [0, 0.1) is 11.8 Å². The zero-order chi connectivity index (χ0) is 12.3. The summed E-state index contributed by atoms with van der Waals surface area (Å²) in [6.07, 6.45) is 1.66. The van der Waals surface area contributed by atoms with E-state index < -0.39 is 0 Å². The summed E-state index contributed by atoms with van der Waals surface area (Å²) in [5, 5.41) is 8.45. The van der Waals surface area contributed by atoms with Gasteiger partial charge in [0.25, 0.3) is 0 Å². The maximum absolute atomic E-state index is 8.45. The first-order valence-corrected chi connectivity index (χ1v) is 5.64. The Kier molecular flexibility index (Phi) is 6.89. The highest BCUT2D eigenvalue weighted by Gasteiger charge is 1.94. The molecule has 0 heterocycles. The van der Waals surface area contributed by atoms with Crippen LogP contribution in [0.5, 0.6) is 5.75 Å². The van der Waals surface area contributed by atoms with Gasteiger partial charge in [-0.1, -0.05) is 18.1 Å². The standard InChI is InChI=1S/C14H18O3/c1-16-14-8-6-13(7-9-14)12-17-11-5-3-2-4-10-15/h6-9,15H,3,5,10-12H2,1H3. The van der Waals surface area contributed by atoms with Crippen LogP contribution in [0.1, 0.15) is 18.4 Å². The summed E-state index contributed by atoms with van der Waals surface area (Å²) in [6, 6.07) is 7.83. The molecule has 0 saturated carbocycles.